The van der Waals surface area contributed by atoms with Gasteiger partial charge in [0.1, 0.15) is 6.23 Å². The quantitative estimate of drug-likeness (QED) is 0.627. The van der Waals surface area contributed by atoms with Gasteiger partial charge < -0.3 is 5.11 Å². The highest BCUT2D eigenvalue weighted by Crippen LogP contribution is 2.22. The molecular formula is C12H18ClNOS. The zero-order valence-electron chi connectivity index (χ0n) is 9.69. The van der Waals surface area contributed by atoms with E-state index in [1.807, 2.05) is 29.2 Å². The lowest BCUT2D eigenvalue weighted by molar-refractivity contribution is 0.0305. The summed E-state index contributed by atoms with van der Waals surface area (Å²) in [6.07, 6.45) is -0.390. The molecule has 0 aliphatic rings. The molecule has 0 aromatic heterocycles. The summed E-state index contributed by atoms with van der Waals surface area (Å²) in [7, 11) is 0. The molecule has 0 aliphatic carbocycles. The van der Waals surface area contributed by atoms with Gasteiger partial charge in [-0.25, -0.2) is 0 Å². The Morgan fingerprint density at radius 2 is 2.06 bits per heavy atom. The largest absolute Gasteiger partial charge is 0.377 e. The van der Waals surface area contributed by atoms with Gasteiger partial charge in [-0.1, -0.05) is 31.5 Å². The predicted molar refractivity (Wildman–Crippen MR) is 71.1 cm³/mol. The van der Waals surface area contributed by atoms with E-state index in [9.17, 15) is 5.11 Å². The van der Waals surface area contributed by atoms with Gasteiger partial charge in [-0.2, -0.15) is 0 Å². The summed E-state index contributed by atoms with van der Waals surface area (Å²) in [6.45, 7) is 5.84. The van der Waals surface area contributed by atoms with Crippen LogP contribution in [0.15, 0.2) is 29.2 Å². The van der Waals surface area contributed by atoms with Gasteiger partial charge in [-0.3, -0.25) is 4.90 Å². The highest BCUT2D eigenvalue weighted by molar-refractivity contribution is 7.99. The Morgan fingerprint density at radius 1 is 1.38 bits per heavy atom. The summed E-state index contributed by atoms with van der Waals surface area (Å²) < 4.78 is 0. The summed E-state index contributed by atoms with van der Waals surface area (Å²) in [4.78, 5) is 3.12. The minimum absolute atomic E-state index is 0.390. The number of benzene rings is 1. The maximum Gasteiger partial charge on any atom is 0.116 e. The number of aliphatic hydroxyl groups is 1. The van der Waals surface area contributed by atoms with Crippen molar-refractivity contribution in [1.29, 1.82) is 0 Å². The normalized spacial score (nSPS) is 13.1. The lowest BCUT2D eigenvalue weighted by Crippen LogP contribution is -2.36. The number of halogens is 1. The Morgan fingerprint density at radius 3 is 2.62 bits per heavy atom. The van der Waals surface area contributed by atoms with Crippen molar-refractivity contribution < 1.29 is 5.11 Å². The molecule has 0 aliphatic heterocycles. The van der Waals surface area contributed by atoms with E-state index in [0.29, 0.717) is 5.75 Å². The first kappa shape index (κ1) is 13.8. The minimum Gasteiger partial charge on any atom is -0.377 e. The van der Waals surface area contributed by atoms with E-state index in [0.717, 1.165) is 23.0 Å². The molecule has 0 heterocycles. The van der Waals surface area contributed by atoms with Crippen LogP contribution in [0, 0.1) is 0 Å². The smallest absolute Gasteiger partial charge is 0.116 e. The molecule has 1 rings (SSSR count). The van der Waals surface area contributed by atoms with Gasteiger partial charge in [0.2, 0.25) is 0 Å². The SMILES string of the molecule is CCN(CC)C(O)CSc1cccc(Cl)c1. The van der Waals surface area contributed by atoms with E-state index in [2.05, 4.69) is 13.8 Å². The predicted octanol–water partition coefficient (Wildman–Crippen LogP) is 3.09. The van der Waals surface area contributed by atoms with Gasteiger partial charge >= 0.3 is 0 Å². The summed E-state index contributed by atoms with van der Waals surface area (Å²) in [5.74, 6) is 0.669. The molecule has 1 unspecified atom stereocenters. The molecule has 1 atom stereocenters. The van der Waals surface area contributed by atoms with Gasteiger partial charge in [0, 0.05) is 15.7 Å². The average Bonchev–Trinajstić information content (AvgIpc) is 2.28. The number of rotatable bonds is 6. The van der Waals surface area contributed by atoms with Gasteiger partial charge in [0.05, 0.1) is 0 Å². The van der Waals surface area contributed by atoms with E-state index in [1.54, 1.807) is 11.8 Å². The van der Waals surface area contributed by atoms with Crippen LogP contribution in [0.3, 0.4) is 0 Å². The van der Waals surface area contributed by atoms with Crippen molar-refractivity contribution in [3.8, 4) is 0 Å². The van der Waals surface area contributed by atoms with Gasteiger partial charge in [0.25, 0.3) is 0 Å². The summed E-state index contributed by atoms with van der Waals surface area (Å²) in [5.41, 5.74) is 0. The third-order valence-corrected chi connectivity index (χ3v) is 3.72. The van der Waals surface area contributed by atoms with Crippen LogP contribution in [0.2, 0.25) is 5.02 Å². The molecule has 0 saturated heterocycles. The third kappa shape index (κ3) is 4.34. The molecule has 0 fully saturated rings. The van der Waals surface area contributed by atoms with Crippen LogP contribution in [0.5, 0.6) is 0 Å². The lowest BCUT2D eigenvalue weighted by Gasteiger charge is -2.24. The van der Waals surface area contributed by atoms with Crippen LogP contribution in [0.1, 0.15) is 13.8 Å². The molecule has 1 N–H and O–H groups in total. The summed E-state index contributed by atoms with van der Waals surface area (Å²) in [6, 6.07) is 7.70. The Bertz CT molecular complexity index is 318. The molecule has 90 valence electrons. The van der Waals surface area contributed by atoms with E-state index in [4.69, 9.17) is 11.6 Å². The Hall–Kier alpha value is -0.220. The molecular weight excluding hydrogens is 242 g/mol. The fraction of sp³-hybridized carbons (Fsp3) is 0.500. The lowest BCUT2D eigenvalue weighted by atomic mass is 10.4. The van der Waals surface area contributed by atoms with E-state index < -0.39 is 0 Å². The molecule has 0 saturated carbocycles. The monoisotopic (exact) mass is 259 g/mol. The number of thioether (sulfide) groups is 1. The second-order valence-corrected chi connectivity index (χ2v) is 5.00. The first-order valence-corrected chi connectivity index (χ1v) is 6.84. The van der Waals surface area contributed by atoms with Gasteiger partial charge in [-0.05, 0) is 31.3 Å². The van der Waals surface area contributed by atoms with Crippen LogP contribution >= 0.6 is 23.4 Å². The number of hydrogen-bond donors (Lipinski definition) is 1. The first-order valence-electron chi connectivity index (χ1n) is 5.47. The van der Waals surface area contributed by atoms with Crippen molar-refractivity contribution in [3.63, 3.8) is 0 Å². The van der Waals surface area contributed by atoms with E-state index in [-0.39, 0.29) is 6.23 Å². The van der Waals surface area contributed by atoms with Crippen molar-refractivity contribution in [2.45, 2.75) is 25.0 Å². The highest BCUT2D eigenvalue weighted by atomic mass is 35.5. The topological polar surface area (TPSA) is 23.5 Å². The molecule has 0 radical (unpaired) electrons. The standard InChI is InChI=1S/C12H18ClNOS/c1-3-14(4-2)12(15)9-16-11-7-5-6-10(13)8-11/h5-8,12,15H,3-4,9H2,1-2H3. The minimum atomic E-state index is -0.390. The molecule has 0 spiro atoms. The fourth-order valence-electron chi connectivity index (χ4n) is 1.48. The van der Waals surface area contributed by atoms with Crippen LogP contribution in [-0.4, -0.2) is 35.1 Å². The molecule has 0 bridgehead atoms. The van der Waals surface area contributed by atoms with Crippen LogP contribution in [0.25, 0.3) is 0 Å². The van der Waals surface area contributed by atoms with Gasteiger partial charge in [0.15, 0.2) is 0 Å². The Balaban J connectivity index is 2.45. The highest BCUT2D eigenvalue weighted by Gasteiger charge is 2.11. The van der Waals surface area contributed by atoms with Crippen LogP contribution < -0.4 is 0 Å². The Labute approximate surface area is 107 Å². The average molecular weight is 260 g/mol. The maximum absolute atomic E-state index is 9.91. The van der Waals surface area contributed by atoms with E-state index >= 15 is 0 Å². The summed E-state index contributed by atoms with van der Waals surface area (Å²) in [5, 5.41) is 10.6. The van der Waals surface area contributed by atoms with Gasteiger partial charge in [-0.15, -0.1) is 11.8 Å². The number of nitrogens with zero attached hydrogens (tertiary/aromatic N) is 1. The zero-order chi connectivity index (χ0) is 12.0. The maximum atomic E-state index is 9.91. The fourth-order valence-corrected chi connectivity index (χ4v) is 2.67. The van der Waals surface area contributed by atoms with E-state index in [1.165, 1.54) is 0 Å². The number of aliphatic hydroxyl groups excluding tert-OH is 1. The zero-order valence-corrected chi connectivity index (χ0v) is 11.3. The first-order chi connectivity index (χ1) is 7.67. The third-order valence-electron chi connectivity index (χ3n) is 2.43. The second kappa shape index (κ2) is 7.17. The van der Waals surface area contributed by atoms with Crippen molar-refractivity contribution in [3.05, 3.63) is 29.3 Å². The van der Waals surface area contributed by atoms with Crippen molar-refractivity contribution >= 4 is 23.4 Å². The second-order valence-electron chi connectivity index (χ2n) is 3.47. The van der Waals surface area contributed by atoms with Crippen molar-refractivity contribution in [2.75, 3.05) is 18.8 Å². The van der Waals surface area contributed by atoms with Crippen molar-refractivity contribution in [2.24, 2.45) is 0 Å². The van der Waals surface area contributed by atoms with Crippen molar-refractivity contribution in [1.82, 2.24) is 4.90 Å². The number of hydrogen-bond acceptors (Lipinski definition) is 3. The Kier molecular flexibility index (Phi) is 6.21. The molecule has 4 heteroatoms. The molecule has 1 aromatic carbocycles. The molecule has 0 amide bonds. The summed E-state index contributed by atoms with van der Waals surface area (Å²) >= 11 is 7.52. The molecule has 1 aromatic rings. The van der Waals surface area contributed by atoms with Crippen LogP contribution in [-0.2, 0) is 0 Å². The van der Waals surface area contributed by atoms with Crippen LogP contribution in [0.4, 0.5) is 0 Å². The molecule has 16 heavy (non-hydrogen) atoms. The molecule has 2 nitrogen and oxygen atoms in total.